The fourth-order valence-corrected chi connectivity index (χ4v) is 2.97. The second-order valence-corrected chi connectivity index (χ2v) is 4.68. The van der Waals surface area contributed by atoms with E-state index in [-0.39, 0.29) is 0 Å². The first-order valence-corrected chi connectivity index (χ1v) is 5.56. The fraction of sp³-hybridized carbons (Fsp3) is 0.250. The van der Waals surface area contributed by atoms with Crippen LogP contribution in [0.2, 0.25) is 0 Å². The summed E-state index contributed by atoms with van der Waals surface area (Å²) >= 11 is 4.53. The Morgan fingerprint density at radius 3 is 2.58 bits per heavy atom. The lowest BCUT2D eigenvalue weighted by atomic mass is 10.2. The molecule has 0 heterocycles. The standard InChI is InChI=1S/C8H9I2NO/c1-12-8-3-5(9)2-7(10)6(8)4-11/h2-3H,4,11H2,1H3. The van der Waals surface area contributed by atoms with Crippen molar-refractivity contribution in [1.29, 1.82) is 0 Å². The van der Waals surface area contributed by atoms with Gasteiger partial charge in [-0.05, 0) is 57.3 Å². The molecular weight excluding hydrogens is 380 g/mol. The number of methoxy groups -OCH3 is 1. The molecule has 0 amide bonds. The fourth-order valence-electron chi connectivity index (χ4n) is 0.960. The van der Waals surface area contributed by atoms with Crippen LogP contribution in [-0.4, -0.2) is 7.11 Å². The predicted octanol–water partition coefficient (Wildman–Crippen LogP) is 2.36. The first-order chi connectivity index (χ1) is 5.69. The van der Waals surface area contributed by atoms with E-state index in [9.17, 15) is 0 Å². The van der Waals surface area contributed by atoms with Crippen molar-refractivity contribution in [2.75, 3.05) is 7.11 Å². The third-order valence-corrected chi connectivity index (χ3v) is 3.13. The Kier molecular flexibility index (Phi) is 4.04. The van der Waals surface area contributed by atoms with Gasteiger partial charge in [0, 0.05) is 19.2 Å². The molecule has 0 saturated heterocycles. The zero-order chi connectivity index (χ0) is 9.14. The highest BCUT2D eigenvalue weighted by Crippen LogP contribution is 2.26. The van der Waals surface area contributed by atoms with Gasteiger partial charge in [-0.15, -0.1) is 0 Å². The molecule has 0 atom stereocenters. The molecule has 0 saturated carbocycles. The summed E-state index contributed by atoms with van der Waals surface area (Å²) in [5.74, 6) is 0.883. The number of benzene rings is 1. The van der Waals surface area contributed by atoms with Crippen molar-refractivity contribution in [2.45, 2.75) is 6.54 Å². The molecule has 0 aromatic heterocycles. The van der Waals surface area contributed by atoms with Crippen LogP contribution in [0.15, 0.2) is 12.1 Å². The van der Waals surface area contributed by atoms with E-state index >= 15 is 0 Å². The molecule has 2 nitrogen and oxygen atoms in total. The number of rotatable bonds is 2. The Morgan fingerprint density at radius 2 is 2.08 bits per heavy atom. The molecule has 0 aliphatic rings. The van der Waals surface area contributed by atoms with Crippen molar-refractivity contribution < 1.29 is 4.74 Å². The van der Waals surface area contributed by atoms with Crippen molar-refractivity contribution >= 4 is 45.2 Å². The summed E-state index contributed by atoms with van der Waals surface area (Å²) in [4.78, 5) is 0. The van der Waals surface area contributed by atoms with Crippen molar-refractivity contribution in [3.63, 3.8) is 0 Å². The van der Waals surface area contributed by atoms with E-state index in [1.54, 1.807) is 7.11 Å². The summed E-state index contributed by atoms with van der Waals surface area (Å²) in [6, 6.07) is 4.08. The van der Waals surface area contributed by atoms with Gasteiger partial charge in [-0.3, -0.25) is 0 Å². The van der Waals surface area contributed by atoms with E-state index < -0.39 is 0 Å². The third kappa shape index (κ3) is 2.23. The number of hydrogen-bond acceptors (Lipinski definition) is 2. The molecule has 0 aliphatic heterocycles. The number of nitrogens with two attached hydrogens (primary N) is 1. The van der Waals surface area contributed by atoms with Crippen LogP contribution in [0, 0.1) is 7.14 Å². The Hall–Kier alpha value is 0.440. The van der Waals surface area contributed by atoms with E-state index in [2.05, 4.69) is 51.2 Å². The van der Waals surface area contributed by atoms with Gasteiger partial charge in [0.25, 0.3) is 0 Å². The molecule has 0 unspecified atom stereocenters. The molecule has 1 rings (SSSR count). The van der Waals surface area contributed by atoms with Crippen LogP contribution in [0.5, 0.6) is 5.75 Å². The molecule has 12 heavy (non-hydrogen) atoms. The van der Waals surface area contributed by atoms with Gasteiger partial charge >= 0.3 is 0 Å². The summed E-state index contributed by atoms with van der Waals surface area (Å²) in [5.41, 5.74) is 6.67. The van der Waals surface area contributed by atoms with Gasteiger partial charge in [-0.1, -0.05) is 0 Å². The van der Waals surface area contributed by atoms with Gasteiger partial charge in [0.05, 0.1) is 7.11 Å². The quantitative estimate of drug-likeness (QED) is 0.789. The molecule has 1 aromatic rings. The van der Waals surface area contributed by atoms with E-state index in [1.165, 1.54) is 7.14 Å². The average molecular weight is 389 g/mol. The number of ether oxygens (including phenoxy) is 1. The lowest BCUT2D eigenvalue weighted by Gasteiger charge is -2.08. The maximum Gasteiger partial charge on any atom is 0.125 e. The Bertz CT molecular complexity index is 289. The highest BCUT2D eigenvalue weighted by Gasteiger charge is 2.06. The summed E-state index contributed by atoms with van der Waals surface area (Å²) in [6.07, 6.45) is 0. The van der Waals surface area contributed by atoms with E-state index in [0.29, 0.717) is 6.54 Å². The lowest BCUT2D eigenvalue weighted by Crippen LogP contribution is -2.02. The third-order valence-electron chi connectivity index (χ3n) is 1.54. The first-order valence-electron chi connectivity index (χ1n) is 3.41. The van der Waals surface area contributed by atoms with Crippen molar-refractivity contribution in [3.8, 4) is 5.75 Å². The summed E-state index contributed by atoms with van der Waals surface area (Å²) < 4.78 is 7.55. The van der Waals surface area contributed by atoms with E-state index in [1.807, 2.05) is 6.07 Å². The lowest BCUT2D eigenvalue weighted by molar-refractivity contribution is 0.409. The Morgan fingerprint density at radius 1 is 1.42 bits per heavy atom. The molecule has 0 bridgehead atoms. The first kappa shape index (κ1) is 10.5. The average Bonchev–Trinajstić information content (AvgIpc) is 2.03. The van der Waals surface area contributed by atoms with Gasteiger partial charge in [-0.25, -0.2) is 0 Å². The topological polar surface area (TPSA) is 35.2 Å². The molecule has 4 heteroatoms. The van der Waals surface area contributed by atoms with Crippen LogP contribution in [0.25, 0.3) is 0 Å². The molecular formula is C8H9I2NO. The second-order valence-electron chi connectivity index (χ2n) is 2.27. The van der Waals surface area contributed by atoms with Crippen LogP contribution in [-0.2, 0) is 6.54 Å². The summed E-state index contributed by atoms with van der Waals surface area (Å²) in [6.45, 7) is 0.526. The monoisotopic (exact) mass is 389 g/mol. The largest absolute Gasteiger partial charge is 0.496 e. The van der Waals surface area contributed by atoms with Gasteiger partial charge in [0.15, 0.2) is 0 Å². The maximum atomic E-state index is 5.59. The van der Waals surface area contributed by atoms with E-state index in [4.69, 9.17) is 10.5 Å². The Labute approximate surface area is 99.1 Å². The molecule has 66 valence electrons. The van der Waals surface area contributed by atoms with Crippen molar-refractivity contribution in [1.82, 2.24) is 0 Å². The van der Waals surface area contributed by atoms with Crippen LogP contribution < -0.4 is 10.5 Å². The molecule has 0 radical (unpaired) electrons. The number of halogens is 2. The van der Waals surface area contributed by atoms with Gasteiger partial charge < -0.3 is 10.5 Å². The SMILES string of the molecule is COc1cc(I)cc(I)c1CN. The minimum absolute atomic E-state index is 0.526. The minimum Gasteiger partial charge on any atom is -0.496 e. The molecule has 1 aromatic carbocycles. The van der Waals surface area contributed by atoms with Crippen molar-refractivity contribution in [3.05, 3.63) is 24.8 Å². The Balaban J connectivity index is 3.24. The van der Waals surface area contributed by atoms with Crippen LogP contribution in [0.4, 0.5) is 0 Å². The molecule has 0 aliphatic carbocycles. The predicted molar refractivity (Wildman–Crippen MR) is 66.3 cm³/mol. The smallest absolute Gasteiger partial charge is 0.125 e. The van der Waals surface area contributed by atoms with Gasteiger partial charge in [-0.2, -0.15) is 0 Å². The van der Waals surface area contributed by atoms with Crippen LogP contribution >= 0.6 is 45.2 Å². The normalized spacial score (nSPS) is 10.0. The summed E-state index contributed by atoms with van der Waals surface area (Å²) in [5, 5.41) is 0. The molecule has 2 N–H and O–H groups in total. The summed E-state index contributed by atoms with van der Waals surface area (Å²) in [7, 11) is 1.67. The van der Waals surface area contributed by atoms with Crippen molar-refractivity contribution in [2.24, 2.45) is 5.73 Å². The highest BCUT2D eigenvalue weighted by molar-refractivity contribution is 14.1. The minimum atomic E-state index is 0.526. The van der Waals surface area contributed by atoms with Crippen LogP contribution in [0.3, 0.4) is 0 Å². The zero-order valence-corrected chi connectivity index (χ0v) is 10.9. The zero-order valence-electron chi connectivity index (χ0n) is 6.60. The van der Waals surface area contributed by atoms with E-state index in [0.717, 1.165) is 11.3 Å². The second kappa shape index (κ2) is 4.61. The van der Waals surface area contributed by atoms with Gasteiger partial charge in [0.1, 0.15) is 5.75 Å². The number of hydrogen-bond donors (Lipinski definition) is 1. The van der Waals surface area contributed by atoms with Gasteiger partial charge in [0.2, 0.25) is 0 Å². The maximum absolute atomic E-state index is 5.59. The highest BCUT2D eigenvalue weighted by atomic mass is 127. The molecule has 0 fully saturated rings. The van der Waals surface area contributed by atoms with Crippen LogP contribution in [0.1, 0.15) is 5.56 Å². The molecule has 0 spiro atoms.